The fourth-order valence-electron chi connectivity index (χ4n) is 5.45. The van der Waals surface area contributed by atoms with Crippen LogP contribution in [-0.2, 0) is 6.42 Å². The lowest BCUT2D eigenvalue weighted by atomic mass is 9.68. The smallest absolute Gasteiger partial charge is 0.200 e. The number of halogens is 3. The molecule has 0 unspecified atom stereocenters. The van der Waals surface area contributed by atoms with E-state index in [4.69, 9.17) is 4.74 Å². The van der Waals surface area contributed by atoms with E-state index >= 15 is 0 Å². The summed E-state index contributed by atoms with van der Waals surface area (Å²) in [5.41, 5.74) is 0.461. The first-order valence-electron chi connectivity index (χ1n) is 11.4. The van der Waals surface area contributed by atoms with E-state index in [1.165, 1.54) is 38.5 Å². The SMILES string of the molecule is CCOc1ccc(CCC2CCC(C3CCC(/C=C(/C)F)CC3)CC2)c(F)c1F. The van der Waals surface area contributed by atoms with Crippen LogP contribution in [-0.4, -0.2) is 6.61 Å². The van der Waals surface area contributed by atoms with Crippen LogP contribution in [0.4, 0.5) is 13.2 Å². The van der Waals surface area contributed by atoms with Crippen molar-refractivity contribution in [3.63, 3.8) is 0 Å². The summed E-state index contributed by atoms with van der Waals surface area (Å²) in [6, 6.07) is 3.21. The van der Waals surface area contributed by atoms with Crippen molar-refractivity contribution in [3.8, 4) is 5.75 Å². The summed E-state index contributed by atoms with van der Waals surface area (Å²) in [4.78, 5) is 0. The molecule has 2 saturated carbocycles. The Kier molecular flexibility index (Phi) is 8.08. The van der Waals surface area contributed by atoms with Crippen LogP contribution in [0, 0.1) is 35.3 Å². The maximum Gasteiger partial charge on any atom is 0.200 e. The summed E-state index contributed by atoms with van der Waals surface area (Å²) in [6.45, 7) is 3.63. The van der Waals surface area contributed by atoms with Crippen LogP contribution >= 0.6 is 0 Å². The van der Waals surface area contributed by atoms with Crippen molar-refractivity contribution in [2.45, 2.75) is 78.1 Å². The van der Waals surface area contributed by atoms with Gasteiger partial charge in [-0.25, -0.2) is 8.78 Å². The fraction of sp³-hybridized carbons (Fsp3) is 0.680. The molecule has 0 heterocycles. The van der Waals surface area contributed by atoms with E-state index in [0.29, 0.717) is 30.4 Å². The first kappa shape index (κ1) is 22.2. The highest BCUT2D eigenvalue weighted by atomic mass is 19.2. The van der Waals surface area contributed by atoms with Gasteiger partial charge in [0, 0.05) is 0 Å². The molecule has 1 nitrogen and oxygen atoms in total. The molecule has 2 aliphatic rings. The topological polar surface area (TPSA) is 9.23 Å². The summed E-state index contributed by atoms with van der Waals surface area (Å²) in [6.07, 6.45) is 12.9. The molecular formula is C25H35F3O. The molecule has 0 spiro atoms. The highest BCUT2D eigenvalue weighted by molar-refractivity contribution is 5.31. The molecule has 0 radical (unpaired) electrons. The third-order valence-electron chi connectivity index (χ3n) is 7.09. The van der Waals surface area contributed by atoms with E-state index in [9.17, 15) is 13.2 Å². The summed E-state index contributed by atoms with van der Waals surface area (Å²) < 4.78 is 46.5. The van der Waals surface area contributed by atoms with Crippen LogP contribution in [0.5, 0.6) is 5.75 Å². The van der Waals surface area contributed by atoms with Crippen molar-refractivity contribution >= 4 is 0 Å². The summed E-state index contributed by atoms with van der Waals surface area (Å²) >= 11 is 0. The molecular weight excluding hydrogens is 373 g/mol. The van der Waals surface area contributed by atoms with Crippen molar-refractivity contribution in [2.75, 3.05) is 6.61 Å². The number of benzene rings is 1. The van der Waals surface area contributed by atoms with Crippen LogP contribution < -0.4 is 4.74 Å². The largest absolute Gasteiger partial charge is 0.491 e. The van der Waals surface area contributed by atoms with Gasteiger partial charge < -0.3 is 4.74 Å². The Labute approximate surface area is 173 Å². The zero-order chi connectivity index (χ0) is 20.8. The second kappa shape index (κ2) is 10.5. The Hall–Kier alpha value is -1.45. The van der Waals surface area contributed by atoms with Gasteiger partial charge >= 0.3 is 0 Å². The van der Waals surface area contributed by atoms with Gasteiger partial charge in [-0.15, -0.1) is 0 Å². The van der Waals surface area contributed by atoms with Crippen molar-refractivity contribution in [1.29, 1.82) is 0 Å². The minimum absolute atomic E-state index is 0.00106. The standard InChI is InChI=1S/C25H35F3O/c1-3-29-23-15-14-22(24(27)25(23)28)13-6-18-4-9-20(10-5-18)21-11-7-19(8-12-21)16-17(2)26/h14-16,18-21H,3-13H2,1-2H3/b17-16-. The zero-order valence-electron chi connectivity index (χ0n) is 17.9. The van der Waals surface area contributed by atoms with Crippen LogP contribution in [0.1, 0.15) is 77.2 Å². The van der Waals surface area contributed by atoms with Crippen molar-refractivity contribution in [3.05, 3.63) is 41.2 Å². The van der Waals surface area contributed by atoms with Gasteiger partial charge in [0.1, 0.15) is 0 Å². The van der Waals surface area contributed by atoms with Crippen molar-refractivity contribution < 1.29 is 17.9 Å². The molecule has 4 heteroatoms. The van der Waals surface area contributed by atoms with Gasteiger partial charge in [0.05, 0.1) is 12.4 Å². The Morgan fingerprint density at radius 3 is 2.17 bits per heavy atom. The second-order valence-electron chi connectivity index (χ2n) is 9.03. The minimum atomic E-state index is -0.860. The van der Waals surface area contributed by atoms with E-state index in [2.05, 4.69) is 0 Å². The predicted molar refractivity (Wildman–Crippen MR) is 112 cm³/mol. The molecule has 0 bridgehead atoms. The van der Waals surface area contributed by atoms with Gasteiger partial charge in [-0.3, -0.25) is 0 Å². The quantitative estimate of drug-likeness (QED) is 0.447. The lowest BCUT2D eigenvalue weighted by Gasteiger charge is -2.37. The Balaban J connectivity index is 1.43. The van der Waals surface area contributed by atoms with E-state index < -0.39 is 11.6 Å². The van der Waals surface area contributed by atoms with Gasteiger partial charge in [0.2, 0.25) is 5.82 Å². The Morgan fingerprint density at radius 2 is 1.59 bits per heavy atom. The lowest BCUT2D eigenvalue weighted by molar-refractivity contribution is 0.152. The summed E-state index contributed by atoms with van der Waals surface area (Å²) in [5, 5.41) is 0. The number of aryl methyl sites for hydroxylation is 1. The third kappa shape index (κ3) is 6.02. The average molecular weight is 409 g/mol. The van der Waals surface area contributed by atoms with E-state index in [1.807, 2.05) is 0 Å². The summed E-state index contributed by atoms with van der Waals surface area (Å²) in [5.74, 6) is 0.964. The normalized spacial score (nSPS) is 28.4. The van der Waals surface area contributed by atoms with E-state index in [0.717, 1.165) is 31.1 Å². The van der Waals surface area contributed by atoms with Crippen molar-refractivity contribution in [1.82, 2.24) is 0 Å². The number of hydrogen-bond donors (Lipinski definition) is 0. The molecule has 29 heavy (non-hydrogen) atoms. The molecule has 2 fully saturated rings. The molecule has 0 N–H and O–H groups in total. The van der Waals surface area contributed by atoms with Crippen LogP contribution in [0.3, 0.4) is 0 Å². The highest BCUT2D eigenvalue weighted by Gasteiger charge is 2.30. The maximum atomic E-state index is 14.3. The van der Waals surface area contributed by atoms with Gasteiger partial charge in [0.25, 0.3) is 0 Å². The molecule has 0 atom stereocenters. The van der Waals surface area contributed by atoms with Gasteiger partial charge in [-0.1, -0.05) is 25.0 Å². The van der Waals surface area contributed by atoms with Crippen LogP contribution in [0.2, 0.25) is 0 Å². The highest BCUT2D eigenvalue weighted by Crippen LogP contribution is 2.42. The maximum absolute atomic E-state index is 14.3. The molecule has 0 aliphatic heterocycles. The van der Waals surface area contributed by atoms with Gasteiger partial charge in [-0.2, -0.15) is 4.39 Å². The average Bonchev–Trinajstić information content (AvgIpc) is 2.72. The molecule has 3 rings (SSSR count). The summed E-state index contributed by atoms with van der Waals surface area (Å²) in [7, 11) is 0. The number of hydrogen-bond acceptors (Lipinski definition) is 1. The molecule has 0 saturated heterocycles. The van der Waals surface area contributed by atoms with E-state index in [-0.39, 0.29) is 11.6 Å². The monoisotopic (exact) mass is 408 g/mol. The molecule has 1 aromatic rings. The van der Waals surface area contributed by atoms with Crippen molar-refractivity contribution in [2.24, 2.45) is 23.7 Å². The molecule has 2 aliphatic carbocycles. The van der Waals surface area contributed by atoms with Gasteiger partial charge in [0.15, 0.2) is 11.6 Å². The zero-order valence-corrected chi connectivity index (χ0v) is 17.9. The number of rotatable bonds is 7. The Bertz CT molecular complexity index is 680. The minimum Gasteiger partial charge on any atom is -0.491 e. The second-order valence-corrected chi connectivity index (χ2v) is 9.03. The van der Waals surface area contributed by atoms with Crippen LogP contribution in [0.25, 0.3) is 0 Å². The molecule has 0 amide bonds. The Morgan fingerprint density at radius 1 is 0.966 bits per heavy atom. The number of allylic oxidation sites excluding steroid dienone is 2. The molecule has 0 aromatic heterocycles. The lowest BCUT2D eigenvalue weighted by Crippen LogP contribution is -2.25. The first-order chi connectivity index (χ1) is 14.0. The first-order valence-corrected chi connectivity index (χ1v) is 11.4. The van der Waals surface area contributed by atoms with Crippen LogP contribution in [0.15, 0.2) is 24.0 Å². The molecule has 1 aromatic carbocycles. The third-order valence-corrected chi connectivity index (χ3v) is 7.09. The van der Waals surface area contributed by atoms with Gasteiger partial charge in [-0.05, 0) is 101 Å². The van der Waals surface area contributed by atoms with E-state index in [1.54, 1.807) is 32.1 Å². The molecule has 162 valence electrons. The number of ether oxygens (including phenoxy) is 1. The fourth-order valence-corrected chi connectivity index (χ4v) is 5.45. The predicted octanol–water partition coefficient (Wildman–Crippen LogP) is 7.78.